The van der Waals surface area contributed by atoms with Crippen LogP contribution in [0.4, 0.5) is 13.2 Å². The second-order valence-corrected chi connectivity index (χ2v) is 5.61. The van der Waals surface area contributed by atoms with Gasteiger partial charge in [-0.3, -0.25) is 4.79 Å². The van der Waals surface area contributed by atoms with E-state index in [1.54, 1.807) is 0 Å². The number of carbonyl (C=O) groups is 1. The highest BCUT2D eigenvalue weighted by molar-refractivity contribution is 5.79. The number of benzene rings is 1. The quantitative estimate of drug-likeness (QED) is 0.906. The SMILES string of the molecule is CCCN(C(=O)Cc1ccc(C(F)(F)F)cc1)C1CCNC1. The summed E-state index contributed by atoms with van der Waals surface area (Å²) in [5.41, 5.74) is -0.0702. The summed E-state index contributed by atoms with van der Waals surface area (Å²) in [5, 5.41) is 3.24. The van der Waals surface area contributed by atoms with Crippen molar-refractivity contribution >= 4 is 5.91 Å². The molecule has 0 saturated carbocycles. The molecular weight excluding hydrogens is 293 g/mol. The molecule has 1 N–H and O–H groups in total. The molecule has 1 atom stereocenters. The van der Waals surface area contributed by atoms with Crippen LogP contribution < -0.4 is 5.32 Å². The molecule has 6 heteroatoms. The van der Waals surface area contributed by atoms with Crippen molar-refractivity contribution in [2.75, 3.05) is 19.6 Å². The molecule has 0 aliphatic carbocycles. The molecule has 0 radical (unpaired) electrons. The molecule has 3 nitrogen and oxygen atoms in total. The van der Waals surface area contributed by atoms with Crippen LogP contribution in [0.2, 0.25) is 0 Å². The number of halogens is 3. The molecule has 1 aromatic rings. The molecule has 1 aliphatic rings. The van der Waals surface area contributed by atoms with Crippen LogP contribution in [0.3, 0.4) is 0 Å². The minimum absolute atomic E-state index is 0.0182. The van der Waals surface area contributed by atoms with Crippen LogP contribution in [0.1, 0.15) is 30.9 Å². The van der Waals surface area contributed by atoms with Crippen molar-refractivity contribution in [2.45, 2.75) is 38.4 Å². The van der Waals surface area contributed by atoms with Crippen LogP contribution in [0.15, 0.2) is 24.3 Å². The zero-order valence-electron chi connectivity index (χ0n) is 12.6. The van der Waals surface area contributed by atoms with Crippen molar-refractivity contribution in [2.24, 2.45) is 0 Å². The minimum atomic E-state index is -4.34. The first-order valence-corrected chi connectivity index (χ1v) is 7.58. The molecule has 1 amide bonds. The van der Waals surface area contributed by atoms with Crippen LogP contribution in [-0.4, -0.2) is 36.5 Å². The van der Waals surface area contributed by atoms with Crippen LogP contribution in [0, 0.1) is 0 Å². The van der Waals surface area contributed by atoms with Crippen LogP contribution >= 0.6 is 0 Å². The van der Waals surface area contributed by atoms with Gasteiger partial charge in [0.1, 0.15) is 0 Å². The van der Waals surface area contributed by atoms with E-state index in [0.717, 1.165) is 38.1 Å². The Morgan fingerprint density at radius 2 is 2.00 bits per heavy atom. The maximum atomic E-state index is 12.5. The predicted molar refractivity (Wildman–Crippen MR) is 78.4 cm³/mol. The number of carbonyl (C=O) groups excluding carboxylic acids is 1. The van der Waals surface area contributed by atoms with Gasteiger partial charge in [-0.15, -0.1) is 0 Å². The lowest BCUT2D eigenvalue weighted by molar-refractivity contribution is -0.137. The molecule has 1 unspecified atom stereocenters. The van der Waals surface area contributed by atoms with E-state index in [-0.39, 0.29) is 18.4 Å². The molecule has 0 spiro atoms. The van der Waals surface area contributed by atoms with Gasteiger partial charge < -0.3 is 10.2 Å². The van der Waals surface area contributed by atoms with Gasteiger partial charge in [-0.2, -0.15) is 13.2 Å². The number of hydrogen-bond donors (Lipinski definition) is 1. The van der Waals surface area contributed by atoms with Gasteiger partial charge in [-0.1, -0.05) is 19.1 Å². The first-order valence-electron chi connectivity index (χ1n) is 7.58. The van der Waals surface area contributed by atoms with Gasteiger partial charge in [0.05, 0.1) is 12.0 Å². The lowest BCUT2D eigenvalue weighted by atomic mass is 10.1. The summed E-state index contributed by atoms with van der Waals surface area (Å²) in [6.45, 7) is 4.39. The third-order valence-corrected chi connectivity index (χ3v) is 3.90. The van der Waals surface area contributed by atoms with E-state index in [9.17, 15) is 18.0 Å². The standard InChI is InChI=1S/C16H21F3N2O/c1-2-9-21(14-7-8-20-11-14)15(22)10-12-3-5-13(6-4-12)16(17,18)19/h3-6,14,20H,2,7-11H2,1H3. The van der Waals surface area contributed by atoms with Gasteiger partial charge in [0.2, 0.25) is 5.91 Å². The minimum Gasteiger partial charge on any atom is -0.338 e. The summed E-state index contributed by atoms with van der Waals surface area (Å²) >= 11 is 0. The van der Waals surface area contributed by atoms with Gasteiger partial charge in [0.25, 0.3) is 0 Å². The fraction of sp³-hybridized carbons (Fsp3) is 0.562. The van der Waals surface area contributed by atoms with Crippen molar-refractivity contribution in [3.63, 3.8) is 0 Å². The molecule has 22 heavy (non-hydrogen) atoms. The summed E-state index contributed by atoms with van der Waals surface area (Å²) < 4.78 is 37.6. The second-order valence-electron chi connectivity index (χ2n) is 5.61. The number of nitrogens with zero attached hydrogens (tertiary/aromatic N) is 1. The smallest absolute Gasteiger partial charge is 0.338 e. The maximum Gasteiger partial charge on any atom is 0.416 e. The number of nitrogens with one attached hydrogen (secondary N) is 1. The average Bonchev–Trinajstić information content (AvgIpc) is 2.98. The summed E-state index contributed by atoms with van der Waals surface area (Å²) in [5.74, 6) is -0.0182. The Morgan fingerprint density at radius 1 is 1.32 bits per heavy atom. The summed E-state index contributed by atoms with van der Waals surface area (Å²) in [6, 6.07) is 5.03. The lowest BCUT2D eigenvalue weighted by Gasteiger charge is -2.28. The third kappa shape index (κ3) is 4.22. The van der Waals surface area contributed by atoms with Crippen LogP contribution in [0.25, 0.3) is 0 Å². The number of hydrogen-bond acceptors (Lipinski definition) is 2. The lowest BCUT2D eigenvalue weighted by Crippen LogP contribution is -2.42. The highest BCUT2D eigenvalue weighted by Gasteiger charge is 2.30. The summed E-state index contributed by atoms with van der Waals surface area (Å²) in [4.78, 5) is 14.3. The van der Waals surface area contributed by atoms with Crippen molar-refractivity contribution in [3.8, 4) is 0 Å². The zero-order chi connectivity index (χ0) is 16.2. The van der Waals surface area contributed by atoms with Gasteiger partial charge in [0.15, 0.2) is 0 Å². The summed E-state index contributed by atoms with van der Waals surface area (Å²) in [7, 11) is 0. The Morgan fingerprint density at radius 3 is 2.50 bits per heavy atom. The van der Waals surface area contributed by atoms with E-state index in [1.165, 1.54) is 12.1 Å². The van der Waals surface area contributed by atoms with E-state index >= 15 is 0 Å². The molecule has 2 rings (SSSR count). The van der Waals surface area contributed by atoms with Crippen molar-refractivity contribution in [1.29, 1.82) is 0 Å². The molecule has 0 bridgehead atoms. The number of alkyl halides is 3. The maximum absolute atomic E-state index is 12.5. The third-order valence-electron chi connectivity index (χ3n) is 3.90. The predicted octanol–water partition coefficient (Wildman–Crippen LogP) is 2.85. The Kier molecular flexibility index (Phi) is 5.45. The fourth-order valence-electron chi connectivity index (χ4n) is 2.74. The highest BCUT2D eigenvalue weighted by atomic mass is 19.4. The average molecular weight is 314 g/mol. The first-order chi connectivity index (χ1) is 10.4. The van der Waals surface area contributed by atoms with E-state index in [2.05, 4.69) is 5.32 Å². The number of amides is 1. The van der Waals surface area contributed by atoms with E-state index in [0.29, 0.717) is 12.1 Å². The monoisotopic (exact) mass is 314 g/mol. The highest BCUT2D eigenvalue weighted by Crippen LogP contribution is 2.29. The van der Waals surface area contributed by atoms with Gasteiger partial charge in [-0.25, -0.2) is 0 Å². The van der Waals surface area contributed by atoms with Crippen molar-refractivity contribution in [3.05, 3.63) is 35.4 Å². The molecule has 1 heterocycles. The first kappa shape index (κ1) is 16.8. The summed E-state index contributed by atoms with van der Waals surface area (Å²) in [6.07, 6.45) is -2.39. The molecule has 122 valence electrons. The molecule has 1 aromatic carbocycles. The molecule has 1 saturated heterocycles. The van der Waals surface area contributed by atoms with Gasteiger partial charge in [-0.05, 0) is 37.1 Å². The number of rotatable bonds is 5. The topological polar surface area (TPSA) is 32.3 Å². The zero-order valence-corrected chi connectivity index (χ0v) is 12.6. The Hall–Kier alpha value is -1.56. The Labute approximate surface area is 128 Å². The second kappa shape index (κ2) is 7.13. The molecular formula is C16H21F3N2O. The fourth-order valence-corrected chi connectivity index (χ4v) is 2.74. The van der Waals surface area contributed by atoms with E-state index < -0.39 is 11.7 Å². The van der Waals surface area contributed by atoms with Crippen LogP contribution in [-0.2, 0) is 17.4 Å². The van der Waals surface area contributed by atoms with E-state index in [4.69, 9.17) is 0 Å². The molecule has 1 fully saturated rings. The normalized spacial score (nSPS) is 18.5. The largest absolute Gasteiger partial charge is 0.416 e. The Bertz CT molecular complexity index is 493. The van der Waals surface area contributed by atoms with Crippen molar-refractivity contribution in [1.82, 2.24) is 10.2 Å². The van der Waals surface area contributed by atoms with Crippen LogP contribution in [0.5, 0.6) is 0 Å². The Balaban J connectivity index is 2.02. The van der Waals surface area contributed by atoms with E-state index in [1.807, 2.05) is 11.8 Å². The van der Waals surface area contributed by atoms with Gasteiger partial charge in [0, 0.05) is 19.1 Å². The molecule has 0 aromatic heterocycles. The molecule has 1 aliphatic heterocycles. The van der Waals surface area contributed by atoms with Gasteiger partial charge >= 0.3 is 6.18 Å². The van der Waals surface area contributed by atoms with Crippen molar-refractivity contribution < 1.29 is 18.0 Å².